The molecule has 0 fully saturated rings. The van der Waals surface area contributed by atoms with Gasteiger partial charge in [0.05, 0.1) is 22.1 Å². The van der Waals surface area contributed by atoms with Crippen LogP contribution in [-0.4, -0.2) is 18.3 Å². The van der Waals surface area contributed by atoms with Crippen molar-refractivity contribution in [1.82, 2.24) is 18.3 Å². The summed E-state index contributed by atoms with van der Waals surface area (Å²) in [6.07, 6.45) is 0. The van der Waals surface area contributed by atoms with Crippen LogP contribution in [0.25, 0.3) is 99.6 Å². The highest BCUT2D eigenvalue weighted by molar-refractivity contribution is 6.24. The van der Waals surface area contributed by atoms with Crippen LogP contribution in [0.2, 0.25) is 0 Å². The van der Waals surface area contributed by atoms with Gasteiger partial charge in [-0.05, 0) is 96.1 Å². The number of nitrogens with zero attached hydrogens (tertiary/aromatic N) is 4. The van der Waals surface area contributed by atoms with E-state index in [1.165, 1.54) is 76.8 Å². The molecule has 0 bridgehead atoms. The first-order valence-corrected chi connectivity index (χ1v) is 19.2. The normalized spacial score (nSPS) is 11.9. The molecule has 0 saturated carbocycles. The van der Waals surface area contributed by atoms with Crippen molar-refractivity contribution in [3.63, 3.8) is 0 Å². The number of fused-ring (bicyclic) bond motifs is 10. The zero-order valence-corrected chi connectivity index (χ0v) is 30.4. The van der Waals surface area contributed by atoms with Crippen LogP contribution in [0.1, 0.15) is 0 Å². The molecule has 12 rings (SSSR count). The van der Waals surface area contributed by atoms with E-state index in [0.29, 0.717) is 0 Å². The molecule has 4 nitrogen and oxygen atoms in total. The summed E-state index contributed by atoms with van der Waals surface area (Å²) in [5.74, 6) is 0. The van der Waals surface area contributed by atoms with Crippen LogP contribution in [0, 0.1) is 0 Å². The Kier molecular flexibility index (Phi) is 6.60. The van der Waals surface area contributed by atoms with Crippen LogP contribution in [0.5, 0.6) is 0 Å². The van der Waals surface area contributed by atoms with Gasteiger partial charge in [-0.2, -0.15) is 0 Å². The maximum absolute atomic E-state index is 2.44. The number of aromatic nitrogens is 4. The van der Waals surface area contributed by atoms with E-state index < -0.39 is 0 Å². The van der Waals surface area contributed by atoms with Crippen molar-refractivity contribution in [2.45, 2.75) is 0 Å². The van der Waals surface area contributed by atoms with Crippen molar-refractivity contribution >= 4 is 65.7 Å². The topological polar surface area (TPSA) is 19.7 Å². The zero-order valence-electron chi connectivity index (χ0n) is 30.4. The Morgan fingerprint density at radius 2 is 0.518 bits per heavy atom. The molecule has 0 saturated heterocycles. The summed E-state index contributed by atoms with van der Waals surface area (Å²) in [5, 5.41) is 7.48. The lowest BCUT2D eigenvalue weighted by Crippen LogP contribution is -2.01. The predicted molar refractivity (Wildman–Crippen MR) is 234 cm³/mol. The molecular formula is C52H34N4. The third kappa shape index (κ3) is 4.35. The molecule has 262 valence electrons. The van der Waals surface area contributed by atoms with Gasteiger partial charge in [-0.1, -0.05) is 121 Å². The summed E-state index contributed by atoms with van der Waals surface area (Å²) in [7, 11) is 0. The zero-order chi connectivity index (χ0) is 36.7. The lowest BCUT2D eigenvalue weighted by atomic mass is 10.00. The Balaban J connectivity index is 1.17. The van der Waals surface area contributed by atoms with Crippen LogP contribution in [0.15, 0.2) is 206 Å². The average molecular weight is 715 g/mol. The van der Waals surface area contributed by atoms with E-state index >= 15 is 0 Å². The molecule has 4 heteroatoms. The van der Waals surface area contributed by atoms with Gasteiger partial charge in [0.15, 0.2) is 0 Å². The van der Waals surface area contributed by atoms with E-state index in [2.05, 4.69) is 225 Å². The van der Waals surface area contributed by atoms with Crippen LogP contribution < -0.4 is 0 Å². The Labute approximate surface area is 322 Å². The third-order valence-electron chi connectivity index (χ3n) is 11.5. The first-order chi connectivity index (χ1) is 27.8. The molecule has 0 atom stereocenters. The molecule has 0 amide bonds. The van der Waals surface area contributed by atoms with E-state index in [1.54, 1.807) is 0 Å². The summed E-state index contributed by atoms with van der Waals surface area (Å²) in [6, 6.07) is 74.7. The van der Waals surface area contributed by atoms with Gasteiger partial charge in [0.25, 0.3) is 0 Å². The molecule has 56 heavy (non-hydrogen) atoms. The van der Waals surface area contributed by atoms with Crippen LogP contribution >= 0.6 is 0 Å². The van der Waals surface area contributed by atoms with Crippen molar-refractivity contribution in [3.8, 4) is 33.9 Å². The fourth-order valence-corrected chi connectivity index (χ4v) is 9.21. The summed E-state index contributed by atoms with van der Waals surface area (Å²) in [6.45, 7) is 0. The molecule has 0 aliphatic carbocycles. The minimum Gasteiger partial charge on any atom is -0.295 e. The second kappa shape index (κ2) is 12.0. The number of hydrogen-bond donors (Lipinski definition) is 0. The van der Waals surface area contributed by atoms with Crippen LogP contribution in [-0.2, 0) is 0 Å². The van der Waals surface area contributed by atoms with E-state index in [-0.39, 0.29) is 0 Å². The fraction of sp³-hybridized carbons (Fsp3) is 0. The smallest absolute Gasteiger partial charge is 0.131 e. The van der Waals surface area contributed by atoms with Crippen molar-refractivity contribution < 1.29 is 0 Å². The quantitative estimate of drug-likeness (QED) is 0.169. The number of hydrogen-bond acceptors (Lipinski definition) is 0. The summed E-state index contributed by atoms with van der Waals surface area (Å²) in [5.41, 5.74) is 14.0. The molecule has 0 spiro atoms. The molecular weight excluding hydrogens is 681 g/mol. The van der Waals surface area contributed by atoms with Gasteiger partial charge in [-0.15, -0.1) is 0 Å². The second-order valence-corrected chi connectivity index (χ2v) is 14.6. The first-order valence-electron chi connectivity index (χ1n) is 19.2. The highest BCUT2D eigenvalue weighted by Crippen LogP contribution is 2.44. The lowest BCUT2D eigenvalue weighted by Gasteiger charge is -2.13. The van der Waals surface area contributed by atoms with E-state index in [9.17, 15) is 0 Å². The van der Waals surface area contributed by atoms with Gasteiger partial charge < -0.3 is 0 Å². The molecule has 8 aromatic carbocycles. The van der Waals surface area contributed by atoms with Crippen LogP contribution in [0.3, 0.4) is 0 Å². The maximum atomic E-state index is 2.44. The molecule has 0 radical (unpaired) electrons. The van der Waals surface area contributed by atoms with Crippen molar-refractivity contribution in [2.24, 2.45) is 0 Å². The average Bonchev–Trinajstić information content (AvgIpc) is 3.99. The Bertz CT molecular complexity index is 3200. The lowest BCUT2D eigenvalue weighted by molar-refractivity contribution is 1.07. The monoisotopic (exact) mass is 714 g/mol. The maximum Gasteiger partial charge on any atom is 0.131 e. The standard InChI is InChI=1S/C52H34N4/c1-5-17-37(18-6-1)53-45-27-15-13-25-41(45)49-43-33-35(29-31-47(43)55(51(49)53)39-21-9-3-10-22-39)36-30-32-48-44(34-36)50-42-26-14-16-28-46(42)54(38-19-7-2-8-20-38)52(50)56(48)40-23-11-4-12-24-40/h1-34H. The second-order valence-electron chi connectivity index (χ2n) is 14.6. The summed E-state index contributed by atoms with van der Waals surface area (Å²) >= 11 is 0. The summed E-state index contributed by atoms with van der Waals surface area (Å²) in [4.78, 5) is 0. The number of rotatable bonds is 5. The van der Waals surface area contributed by atoms with Crippen molar-refractivity contribution in [2.75, 3.05) is 0 Å². The van der Waals surface area contributed by atoms with E-state index in [4.69, 9.17) is 0 Å². The van der Waals surface area contributed by atoms with Gasteiger partial charge in [-0.3, -0.25) is 18.3 Å². The Morgan fingerprint density at radius 3 is 0.857 bits per heavy atom. The van der Waals surface area contributed by atoms with Gasteiger partial charge in [0.1, 0.15) is 11.3 Å². The number of benzene rings is 8. The first kappa shape index (κ1) is 30.9. The Hall–Kier alpha value is -7.56. The van der Waals surface area contributed by atoms with Crippen LogP contribution in [0.4, 0.5) is 0 Å². The summed E-state index contributed by atoms with van der Waals surface area (Å²) < 4.78 is 9.73. The molecule has 0 unspecified atom stereocenters. The van der Waals surface area contributed by atoms with Gasteiger partial charge in [0, 0.05) is 55.1 Å². The highest BCUT2D eigenvalue weighted by atomic mass is 15.1. The van der Waals surface area contributed by atoms with Gasteiger partial charge >= 0.3 is 0 Å². The van der Waals surface area contributed by atoms with Gasteiger partial charge in [-0.25, -0.2) is 0 Å². The van der Waals surface area contributed by atoms with E-state index in [1.807, 2.05) is 0 Å². The third-order valence-corrected chi connectivity index (χ3v) is 11.5. The van der Waals surface area contributed by atoms with Gasteiger partial charge in [0.2, 0.25) is 0 Å². The van der Waals surface area contributed by atoms with E-state index in [0.717, 1.165) is 22.7 Å². The highest BCUT2D eigenvalue weighted by Gasteiger charge is 2.24. The molecule has 0 N–H and O–H groups in total. The molecule has 12 aromatic rings. The minimum atomic E-state index is 1.14. The Morgan fingerprint density at radius 1 is 0.232 bits per heavy atom. The molecule has 0 aliphatic rings. The minimum absolute atomic E-state index is 1.14. The predicted octanol–water partition coefficient (Wildman–Crippen LogP) is 13.4. The molecule has 4 aromatic heterocycles. The van der Waals surface area contributed by atoms with Crippen molar-refractivity contribution in [3.05, 3.63) is 206 Å². The number of para-hydroxylation sites is 6. The largest absolute Gasteiger partial charge is 0.295 e. The molecule has 4 heterocycles. The fourth-order valence-electron chi connectivity index (χ4n) is 9.21. The molecule has 0 aliphatic heterocycles. The van der Waals surface area contributed by atoms with Crippen molar-refractivity contribution in [1.29, 1.82) is 0 Å². The SMILES string of the molecule is c1ccc(-n2c3ccccc3c3c4cc(-c5ccc6c(c5)c5c7ccccc7n(-c7ccccc7)c5n6-c5ccccc5)ccc4n(-c4ccccc4)c32)cc1.